The lowest BCUT2D eigenvalue weighted by atomic mass is 9.93. The Kier molecular flexibility index (Phi) is 5.50. The van der Waals surface area contributed by atoms with E-state index in [0.717, 1.165) is 17.1 Å². The summed E-state index contributed by atoms with van der Waals surface area (Å²) in [5.74, 6) is 0.720. The number of halogens is 1. The second-order valence-electron chi connectivity index (χ2n) is 7.27. The third-order valence-corrected chi connectivity index (χ3v) is 4.00. The molecule has 0 saturated heterocycles. The summed E-state index contributed by atoms with van der Waals surface area (Å²) in [5.41, 5.74) is 1.41. The number of nitrogens with zero attached hydrogens (tertiary/aromatic N) is 1. The van der Waals surface area contributed by atoms with Crippen LogP contribution in [0, 0.1) is 0 Å². The van der Waals surface area contributed by atoms with Crippen molar-refractivity contribution in [3.05, 3.63) is 52.7 Å². The standard InChI is InChI=1S/C18H25ClN2O2/c1-17(2,3)16-21-15(11-23-16)10-20-18(4,12-22)9-13-5-7-14(19)8-6-13/h5-8,11,20,22H,9-10,12H2,1-4H3. The lowest BCUT2D eigenvalue weighted by Gasteiger charge is -2.28. The van der Waals surface area contributed by atoms with Crippen LogP contribution in [0.1, 0.15) is 44.8 Å². The van der Waals surface area contributed by atoms with Gasteiger partial charge in [-0.1, -0.05) is 44.5 Å². The molecule has 0 aliphatic rings. The van der Waals surface area contributed by atoms with Crippen molar-refractivity contribution in [1.82, 2.24) is 10.3 Å². The van der Waals surface area contributed by atoms with E-state index in [2.05, 4.69) is 31.1 Å². The predicted molar refractivity (Wildman–Crippen MR) is 92.7 cm³/mol. The van der Waals surface area contributed by atoms with Gasteiger partial charge in [0.15, 0.2) is 5.89 Å². The molecule has 0 saturated carbocycles. The van der Waals surface area contributed by atoms with Crippen LogP contribution in [0.5, 0.6) is 0 Å². The highest BCUT2D eigenvalue weighted by Gasteiger charge is 2.25. The molecule has 1 aromatic carbocycles. The maximum atomic E-state index is 9.78. The van der Waals surface area contributed by atoms with Gasteiger partial charge >= 0.3 is 0 Å². The van der Waals surface area contributed by atoms with E-state index in [0.29, 0.717) is 18.0 Å². The summed E-state index contributed by atoms with van der Waals surface area (Å²) in [7, 11) is 0. The van der Waals surface area contributed by atoms with Gasteiger partial charge in [0.05, 0.1) is 12.3 Å². The highest BCUT2D eigenvalue weighted by atomic mass is 35.5. The van der Waals surface area contributed by atoms with Crippen LogP contribution in [-0.4, -0.2) is 22.2 Å². The Morgan fingerprint density at radius 3 is 2.35 bits per heavy atom. The monoisotopic (exact) mass is 336 g/mol. The third kappa shape index (κ3) is 5.06. The molecule has 2 rings (SSSR count). The normalized spacial score (nSPS) is 14.7. The molecule has 5 heteroatoms. The molecule has 0 radical (unpaired) electrons. The van der Waals surface area contributed by atoms with Gasteiger partial charge in [-0.3, -0.25) is 0 Å². The van der Waals surface area contributed by atoms with E-state index in [9.17, 15) is 5.11 Å². The van der Waals surface area contributed by atoms with Crippen molar-refractivity contribution in [2.45, 2.75) is 51.6 Å². The quantitative estimate of drug-likeness (QED) is 0.844. The molecule has 0 amide bonds. The molecule has 0 fully saturated rings. The fourth-order valence-electron chi connectivity index (χ4n) is 2.26. The SMILES string of the molecule is CC(CO)(Cc1ccc(Cl)cc1)NCc1coc(C(C)(C)C)n1. The molecule has 0 bridgehead atoms. The van der Waals surface area contributed by atoms with Gasteiger partial charge in [-0.05, 0) is 31.0 Å². The number of aliphatic hydroxyl groups is 1. The van der Waals surface area contributed by atoms with E-state index in [1.165, 1.54) is 0 Å². The zero-order chi connectivity index (χ0) is 17.1. The largest absolute Gasteiger partial charge is 0.448 e. The van der Waals surface area contributed by atoms with Crippen LogP contribution in [-0.2, 0) is 18.4 Å². The van der Waals surface area contributed by atoms with E-state index in [1.54, 1.807) is 6.26 Å². The minimum atomic E-state index is -0.436. The molecule has 2 N–H and O–H groups in total. The zero-order valence-corrected chi connectivity index (χ0v) is 14.9. The van der Waals surface area contributed by atoms with Crippen LogP contribution in [0.25, 0.3) is 0 Å². The van der Waals surface area contributed by atoms with Crippen molar-refractivity contribution in [3.63, 3.8) is 0 Å². The molecule has 2 aromatic rings. The fraction of sp³-hybridized carbons (Fsp3) is 0.500. The maximum Gasteiger partial charge on any atom is 0.199 e. The predicted octanol–water partition coefficient (Wildman–Crippen LogP) is 3.71. The van der Waals surface area contributed by atoms with Gasteiger partial charge in [-0.25, -0.2) is 4.98 Å². The molecule has 0 aliphatic heterocycles. The molecular weight excluding hydrogens is 312 g/mol. The van der Waals surface area contributed by atoms with Crippen LogP contribution >= 0.6 is 11.6 Å². The van der Waals surface area contributed by atoms with Crippen molar-refractivity contribution >= 4 is 11.6 Å². The minimum Gasteiger partial charge on any atom is -0.448 e. The lowest BCUT2D eigenvalue weighted by molar-refractivity contribution is 0.172. The summed E-state index contributed by atoms with van der Waals surface area (Å²) in [4.78, 5) is 4.51. The highest BCUT2D eigenvalue weighted by molar-refractivity contribution is 6.30. The van der Waals surface area contributed by atoms with Gasteiger partial charge in [0.25, 0.3) is 0 Å². The van der Waals surface area contributed by atoms with Crippen LogP contribution in [0.15, 0.2) is 34.9 Å². The van der Waals surface area contributed by atoms with E-state index < -0.39 is 5.54 Å². The first-order valence-electron chi connectivity index (χ1n) is 7.77. The Labute approximate surface area is 142 Å². The molecule has 1 heterocycles. The van der Waals surface area contributed by atoms with Gasteiger partial charge in [-0.2, -0.15) is 0 Å². The Balaban J connectivity index is 2.00. The Hall–Kier alpha value is -1.36. The maximum absolute atomic E-state index is 9.78. The average molecular weight is 337 g/mol. The van der Waals surface area contributed by atoms with Gasteiger partial charge in [0.2, 0.25) is 0 Å². The van der Waals surface area contributed by atoms with Crippen molar-refractivity contribution in [2.75, 3.05) is 6.61 Å². The second-order valence-corrected chi connectivity index (χ2v) is 7.71. The van der Waals surface area contributed by atoms with E-state index >= 15 is 0 Å². The molecule has 0 aliphatic carbocycles. The molecule has 126 valence electrons. The minimum absolute atomic E-state index is 0.0274. The summed E-state index contributed by atoms with van der Waals surface area (Å²) in [6.45, 7) is 8.76. The first-order chi connectivity index (χ1) is 10.7. The van der Waals surface area contributed by atoms with Crippen molar-refractivity contribution in [3.8, 4) is 0 Å². The second kappa shape index (κ2) is 7.04. The van der Waals surface area contributed by atoms with Crippen molar-refractivity contribution in [1.29, 1.82) is 0 Å². The molecule has 1 aromatic heterocycles. The van der Waals surface area contributed by atoms with Crippen LogP contribution in [0.4, 0.5) is 0 Å². The Morgan fingerprint density at radius 1 is 1.17 bits per heavy atom. The zero-order valence-electron chi connectivity index (χ0n) is 14.2. The van der Waals surface area contributed by atoms with E-state index in [1.807, 2.05) is 31.2 Å². The van der Waals surface area contributed by atoms with E-state index in [-0.39, 0.29) is 12.0 Å². The first kappa shape index (κ1) is 18.0. The molecule has 4 nitrogen and oxygen atoms in total. The van der Waals surface area contributed by atoms with E-state index in [4.69, 9.17) is 16.0 Å². The molecule has 23 heavy (non-hydrogen) atoms. The number of hydrogen-bond donors (Lipinski definition) is 2. The lowest BCUT2D eigenvalue weighted by Crippen LogP contribution is -2.47. The number of rotatable bonds is 6. The number of aromatic nitrogens is 1. The van der Waals surface area contributed by atoms with Gasteiger partial charge in [0.1, 0.15) is 6.26 Å². The first-order valence-corrected chi connectivity index (χ1v) is 8.15. The number of oxazole rings is 1. The summed E-state index contributed by atoms with van der Waals surface area (Å²) in [6, 6.07) is 7.68. The number of aliphatic hydroxyl groups excluding tert-OH is 1. The number of benzene rings is 1. The smallest absolute Gasteiger partial charge is 0.199 e. The Bertz CT molecular complexity index is 631. The molecule has 0 spiro atoms. The summed E-state index contributed by atoms with van der Waals surface area (Å²) >= 11 is 5.91. The molecule has 1 unspecified atom stereocenters. The van der Waals surface area contributed by atoms with Gasteiger partial charge < -0.3 is 14.8 Å². The molecule has 1 atom stereocenters. The summed E-state index contributed by atoms with van der Waals surface area (Å²) in [5, 5.41) is 13.9. The number of nitrogens with one attached hydrogen (secondary N) is 1. The number of hydrogen-bond acceptors (Lipinski definition) is 4. The summed E-state index contributed by atoms with van der Waals surface area (Å²) in [6.07, 6.45) is 2.37. The summed E-state index contributed by atoms with van der Waals surface area (Å²) < 4.78 is 5.53. The van der Waals surface area contributed by atoms with Crippen molar-refractivity contribution < 1.29 is 9.52 Å². The highest BCUT2D eigenvalue weighted by Crippen LogP contribution is 2.21. The van der Waals surface area contributed by atoms with Crippen LogP contribution in [0.2, 0.25) is 5.02 Å². The van der Waals surface area contributed by atoms with Crippen LogP contribution in [0.3, 0.4) is 0 Å². The topological polar surface area (TPSA) is 58.3 Å². The molecular formula is C18H25ClN2O2. The fourth-order valence-corrected chi connectivity index (χ4v) is 2.39. The van der Waals surface area contributed by atoms with Gasteiger partial charge in [-0.15, -0.1) is 0 Å². The van der Waals surface area contributed by atoms with Crippen LogP contribution < -0.4 is 5.32 Å². The third-order valence-electron chi connectivity index (χ3n) is 3.75. The average Bonchev–Trinajstić information content (AvgIpc) is 2.97. The van der Waals surface area contributed by atoms with Gasteiger partial charge in [0, 0.05) is 22.5 Å². The Morgan fingerprint density at radius 2 is 1.83 bits per heavy atom. The van der Waals surface area contributed by atoms with Crippen molar-refractivity contribution in [2.24, 2.45) is 0 Å².